The molecule has 0 aliphatic heterocycles. The first-order valence-corrected chi connectivity index (χ1v) is 6.26. The average molecular weight is 244 g/mol. The average Bonchev–Trinajstić information content (AvgIpc) is 2.35. The molecule has 1 atom stereocenters. The van der Waals surface area contributed by atoms with Crippen LogP contribution in [0, 0.1) is 5.92 Å². The van der Waals surface area contributed by atoms with E-state index in [1.165, 1.54) is 14.2 Å². The molecule has 0 aromatic heterocycles. The van der Waals surface area contributed by atoms with Crippen molar-refractivity contribution in [2.75, 3.05) is 14.2 Å². The Balaban J connectivity index is 3.29. The fraction of sp³-hybridized carbons (Fsp3) is 0.846. The number of unbranched alkanes of at least 4 members (excludes halogenated alkanes) is 4. The maximum Gasteiger partial charge on any atom is 0.308 e. The highest BCUT2D eigenvalue weighted by molar-refractivity contribution is 5.71. The highest BCUT2D eigenvalue weighted by Crippen LogP contribution is 2.13. The van der Waals surface area contributed by atoms with E-state index in [0.29, 0.717) is 6.42 Å². The lowest BCUT2D eigenvalue weighted by Gasteiger charge is -2.08. The molecule has 0 fully saturated rings. The van der Waals surface area contributed by atoms with E-state index in [1.807, 2.05) is 6.92 Å². The van der Waals surface area contributed by atoms with Gasteiger partial charge in [0, 0.05) is 6.42 Å². The van der Waals surface area contributed by atoms with Gasteiger partial charge in [0.05, 0.1) is 20.1 Å². The number of hydrogen-bond donors (Lipinski definition) is 0. The van der Waals surface area contributed by atoms with Gasteiger partial charge in [0.25, 0.3) is 0 Å². The first-order valence-electron chi connectivity index (χ1n) is 6.26. The molecule has 4 heteroatoms. The van der Waals surface area contributed by atoms with Crippen molar-refractivity contribution in [3.8, 4) is 0 Å². The summed E-state index contributed by atoms with van der Waals surface area (Å²) in [7, 11) is 2.84. The summed E-state index contributed by atoms with van der Waals surface area (Å²) in [6.07, 6.45) is 6.56. The second-order valence-corrected chi connectivity index (χ2v) is 4.31. The maximum atomic E-state index is 11.1. The molecule has 0 bridgehead atoms. The standard InChI is InChI=1S/C13H24O4/c1-11(13(15)17-3)9-7-5-4-6-8-10-12(14)16-2/h11H,4-10H2,1-3H3. The topological polar surface area (TPSA) is 52.6 Å². The summed E-state index contributed by atoms with van der Waals surface area (Å²) in [5.74, 6) is -0.268. The normalized spacial score (nSPS) is 11.9. The van der Waals surface area contributed by atoms with E-state index in [2.05, 4.69) is 9.47 Å². The van der Waals surface area contributed by atoms with Crippen LogP contribution in [0.3, 0.4) is 0 Å². The minimum atomic E-state index is -0.135. The second kappa shape index (κ2) is 10.1. The van der Waals surface area contributed by atoms with Crippen LogP contribution < -0.4 is 0 Å². The third kappa shape index (κ3) is 8.72. The van der Waals surface area contributed by atoms with Crippen molar-refractivity contribution in [3.63, 3.8) is 0 Å². The minimum absolute atomic E-state index is 0.00457. The molecule has 17 heavy (non-hydrogen) atoms. The van der Waals surface area contributed by atoms with Crippen LogP contribution in [0.1, 0.15) is 51.9 Å². The summed E-state index contributed by atoms with van der Waals surface area (Å²) in [4.78, 5) is 21.9. The third-order valence-corrected chi connectivity index (χ3v) is 2.85. The zero-order chi connectivity index (χ0) is 13.1. The van der Waals surface area contributed by atoms with E-state index in [-0.39, 0.29) is 17.9 Å². The fourth-order valence-corrected chi connectivity index (χ4v) is 1.67. The van der Waals surface area contributed by atoms with Crippen molar-refractivity contribution in [1.82, 2.24) is 0 Å². The van der Waals surface area contributed by atoms with Gasteiger partial charge in [-0.1, -0.05) is 32.6 Å². The van der Waals surface area contributed by atoms with E-state index >= 15 is 0 Å². The van der Waals surface area contributed by atoms with Gasteiger partial charge in [-0.25, -0.2) is 0 Å². The lowest BCUT2D eigenvalue weighted by atomic mass is 10.0. The van der Waals surface area contributed by atoms with Gasteiger partial charge >= 0.3 is 11.9 Å². The largest absolute Gasteiger partial charge is 0.469 e. The molecule has 0 rings (SSSR count). The summed E-state index contributed by atoms with van der Waals surface area (Å²) >= 11 is 0. The molecule has 0 aromatic rings. The van der Waals surface area contributed by atoms with Crippen LogP contribution in [-0.4, -0.2) is 26.2 Å². The molecule has 0 N–H and O–H groups in total. The molecule has 0 heterocycles. The molecule has 0 aliphatic carbocycles. The number of carbonyl (C=O) groups excluding carboxylic acids is 2. The van der Waals surface area contributed by atoms with Gasteiger partial charge in [0.1, 0.15) is 0 Å². The van der Waals surface area contributed by atoms with Crippen LogP contribution in [0.4, 0.5) is 0 Å². The summed E-state index contributed by atoms with van der Waals surface area (Å²) in [5.41, 5.74) is 0. The monoisotopic (exact) mass is 244 g/mol. The van der Waals surface area contributed by atoms with E-state index in [9.17, 15) is 9.59 Å². The van der Waals surface area contributed by atoms with Gasteiger partial charge in [-0.05, 0) is 12.8 Å². The van der Waals surface area contributed by atoms with Gasteiger partial charge in [0.2, 0.25) is 0 Å². The second-order valence-electron chi connectivity index (χ2n) is 4.31. The lowest BCUT2D eigenvalue weighted by Crippen LogP contribution is -2.12. The molecule has 0 aromatic carbocycles. The Morgan fingerprint density at radius 1 is 0.941 bits per heavy atom. The summed E-state index contributed by atoms with van der Waals surface area (Å²) in [6, 6.07) is 0. The predicted molar refractivity (Wildman–Crippen MR) is 65.5 cm³/mol. The van der Waals surface area contributed by atoms with Crippen LogP contribution in [0.5, 0.6) is 0 Å². The highest BCUT2D eigenvalue weighted by atomic mass is 16.5. The number of carbonyl (C=O) groups is 2. The lowest BCUT2D eigenvalue weighted by molar-refractivity contribution is -0.145. The third-order valence-electron chi connectivity index (χ3n) is 2.85. The fourth-order valence-electron chi connectivity index (χ4n) is 1.67. The SMILES string of the molecule is COC(=O)CCCCCCCC(C)C(=O)OC. The van der Waals surface area contributed by atoms with Crippen molar-refractivity contribution in [1.29, 1.82) is 0 Å². The molecule has 0 amide bonds. The molecule has 0 saturated carbocycles. The zero-order valence-electron chi connectivity index (χ0n) is 11.2. The Kier molecular flexibility index (Phi) is 9.49. The molecular weight excluding hydrogens is 220 g/mol. The van der Waals surface area contributed by atoms with Crippen molar-refractivity contribution in [3.05, 3.63) is 0 Å². The molecule has 0 spiro atoms. The van der Waals surface area contributed by atoms with Gasteiger partial charge in [-0.2, -0.15) is 0 Å². The smallest absolute Gasteiger partial charge is 0.308 e. The Morgan fingerprint density at radius 3 is 2.12 bits per heavy atom. The molecule has 4 nitrogen and oxygen atoms in total. The van der Waals surface area contributed by atoms with Crippen LogP contribution in [0.2, 0.25) is 0 Å². The quantitative estimate of drug-likeness (QED) is 0.462. The number of esters is 2. The first kappa shape index (κ1) is 15.9. The van der Waals surface area contributed by atoms with Crippen LogP contribution in [-0.2, 0) is 19.1 Å². The molecule has 100 valence electrons. The first-order chi connectivity index (χ1) is 8.11. The number of rotatable bonds is 9. The predicted octanol–water partition coefficient (Wildman–Crippen LogP) is 2.70. The zero-order valence-corrected chi connectivity index (χ0v) is 11.2. The van der Waals surface area contributed by atoms with E-state index in [1.54, 1.807) is 0 Å². The van der Waals surface area contributed by atoms with Crippen LogP contribution >= 0.6 is 0 Å². The molecule has 0 saturated heterocycles. The maximum absolute atomic E-state index is 11.1. The van der Waals surface area contributed by atoms with Gasteiger partial charge in [-0.3, -0.25) is 9.59 Å². The molecular formula is C13H24O4. The number of methoxy groups -OCH3 is 2. The van der Waals surface area contributed by atoms with Crippen molar-refractivity contribution >= 4 is 11.9 Å². The Hall–Kier alpha value is -1.06. The van der Waals surface area contributed by atoms with E-state index < -0.39 is 0 Å². The van der Waals surface area contributed by atoms with Crippen LogP contribution in [0.25, 0.3) is 0 Å². The van der Waals surface area contributed by atoms with Gasteiger partial charge < -0.3 is 9.47 Å². The van der Waals surface area contributed by atoms with E-state index in [0.717, 1.165) is 38.5 Å². The Labute approximate surface area is 104 Å². The number of hydrogen-bond acceptors (Lipinski definition) is 4. The number of ether oxygens (including phenoxy) is 2. The van der Waals surface area contributed by atoms with Gasteiger partial charge in [-0.15, -0.1) is 0 Å². The Bertz CT molecular complexity index is 225. The van der Waals surface area contributed by atoms with Crippen LogP contribution in [0.15, 0.2) is 0 Å². The van der Waals surface area contributed by atoms with Gasteiger partial charge in [0.15, 0.2) is 0 Å². The minimum Gasteiger partial charge on any atom is -0.469 e. The van der Waals surface area contributed by atoms with Crippen molar-refractivity contribution < 1.29 is 19.1 Å². The summed E-state index contributed by atoms with van der Waals surface area (Å²) in [6.45, 7) is 1.89. The molecule has 0 aliphatic rings. The van der Waals surface area contributed by atoms with Crippen molar-refractivity contribution in [2.45, 2.75) is 51.9 Å². The molecule has 1 unspecified atom stereocenters. The van der Waals surface area contributed by atoms with Crippen molar-refractivity contribution in [2.24, 2.45) is 5.92 Å². The summed E-state index contributed by atoms with van der Waals surface area (Å²) in [5, 5.41) is 0. The summed E-state index contributed by atoms with van der Waals surface area (Å²) < 4.78 is 9.21. The Morgan fingerprint density at radius 2 is 1.53 bits per heavy atom. The highest BCUT2D eigenvalue weighted by Gasteiger charge is 2.11. The van der Waals surface area contributed by atoms with E-state index in [4.69, 9.17) is 0 Å². The molecule has 0 radical (unpaired) electrons.